The van der Waals surface area contributed by atoms with Crippen molar-refractivity contribution >= 4 is 6.29 Å². The van der Waals surface area contributed by atoms with Crippen LogP contribution in [0.5, 0.6) is 0 Å². The molecule has 0 bridgehead atoms. The van der Waals surface area contributed by atoms with Gasteiger partial charge in [0.15, 0.2) is 0 Å². The molecule has 0 aliphatic heterocycles. The quantitative estimate of drug-likeness (QED) is 0.550. The first kappa shape index (κ1) is 9.76. The average Bonchev–Trinajstić information content (AvgIpc) is 1.82. The predicted molar refractivity (Wildman–Crippen MR) is 50.9 cm³/mol. The second kappa shape index (κ2) is 3.20. The Hall–Kier alpha value is -0.330. The Labute approximate surface area is 75.5 Å². The molecule has 0 aromatic heterocycles. The zero-order valence-electron chi connectivity index (χ0n) is 8.63. The molecule has 70 valence electrons. The van der Waals surface area contributed by atoms with E-state index >= 15 is 0 Å². The highest BCUT2D eigenvalue weighted by molar-refractivity contribution is 5.55. The first-order valence-corrected chi connectivity index (χ1v) is 4.92. The summed E-state index contributed by atoms with van der Waals surface area (Å²) in [5, 5.41) is 0. The third-order valence-electron chi connectivity index (χ3n) is 3.31. The average molecular weight is 168 g/mol. The van der Waals surface area contributed by atoms with Crippen LogP contribution in [0.3, 0.4) is 0 Å². The summed E-state index contributed by atoms with van der Waals surface area (Å²) in [5.41, 5.74) is 0.221. The van der Waals surface area contributed by atoms with Crippen molar-refractivity contribution in [2.75, 3.05) is 0 Å². The fraction of sp³-hybridized carbons (Fsp3) is 0.909. The Balaban J connectivity index is 2.77. The van der Waals surface area contributed by atoms with E-state index in [-0.39, 0.29) is 11.3 Å². The third-order valence-corrected chi connectivity index (χ3v) is 3.31. The van der Waals surface area contributed by atoms with Crippen LogP contribution >= 0.6 is 0 Å². The Kier molecular flexibility index (Phi) is 2.60. The van der Waals surface area contributed by atoms with Gasteiger partial charge in [-0.25, -0.2) is 0 Å². The van der Waals surface area contributed by atoms with Crippen LogP contribution in [0.1, 0.15) is 40.5 Å². The molecule has 0 radical (unpaired) electrons. The molecule has 1 saturated carbocycles. The highest BCUT2D eigenvalue weighted by Gasteiger charge is 2.39. The van der Waals surface area contributed by atoms with Gasteiger partial charge in [0.1, 0.15) is 6.29 Å². The molecule has 0 heterocycles. The maximum atomic E-state index is 10.9. The van der Waals surface area contributed by atoms with Crippen LogP contribution in [-0.2, 0) is 4.79 Å². The normalized spacial score (nSPS) is 40.8. The number of hydrogen-bond acceptors (Lipinski definition) is 1. The van der Waals surface area contributed by atoms with E-state index in [0.29, 0.717) is 5.92 Å². The van der Waals surface area contributed by atoms with Gasteiger partial charge in [-0.2, -0.15) is 0 Å². The molecular weight excluding hydrogens is 148 g/mol. The van der Waals surface area contributed by atoms with E-state index < -0.39 is 0 Å². The van der Waals surface area contributed by atoms with E-state index in [4.69, 9.17) is 0 Å². The van der Waals surface area contributed by atoms with E-state index in [1.165, 1.54) is 12.8 Å². The van der Waals surface area contributed by atoms with Crippen LogP contribution in [0.4, 0.5) is 0 Å². The number of hydrogen-bond donors (Lipinski definition) is 0. The van der Waals surface area contributed by atoms with Gasteiger partial charge in [-0.3, -0.25) is 0 Å². The summed E-state index contributed by atoms with van der Waals surface area (Å²) in [4.78, 5) is 10.9. The van der Waals surface area contributed by atoms with Gasteiger partial charge in [-0.1, -0.05) is 27.7 Å². The van der Waals surface area contributed by atoms with Crippen LogP contribution in [0.2, 0.25) is 0 Å². The summed E-state index contributed by atoms with van der Waals surface area (Å²) in [6.07, 6.45) is 3.57. The van der Waals surface area contributed by atoms with Crippen molar-refractivity contribution in [2.24, 2.45) is 23.2 Å². The van der Waals surface area contributed by atoms with Gasteiger partial charge in [0, 0.05) is 5.92 Å². The van der Waals surface area contributed by atoms with Crippen LogP contribution in [-0.4, -0.2) is 6.29 Å². The van der Waals surface area contributed by atoms with Crippen molar-refractivity contribution in [1.82, 2.24) is 0 Å². The molecule has 0 N–H and O–H groups in total. The molecule has 0 saturated heterocycles. The first-order valence-electron chi connectivity index (χ1n) is 4.92. The van der Waals surface area contributed by atoms with Gasteiger partial charge in [0.05, 0.1) is 0 Å². The van der Waals surface area contributed by atoms with Crippen LogP contribution in [0.15, 0.2) is 0 Å². The molecular formula is C11H20O. The van der Waals surface area contributed by atoms with E-state index in [1.54, 1.807) is 0 Å². The lowest BCUT2D eigenvalue weighted by molar-refractivity contribution is -0.118. The lowest BCUT2D eigenvalue weighted by Gasteiger charge is -2.42. The molecule has 1 rings (SSSR count). The molecule has 1 heteroatoms. The Bertz CT molecular complexity index is 172. The van der Waals surface area contributed by atoms with Crippen LogP contribution in [0, 0.1) is 23.2 Å². The largest absolute Gasteiger partial charge is 0.303 e. The molecule has 1 nitrogen and oxygen atoms in total. The van der Waals surface area contributed by atoms with E-state index in [2.05, 4.69) is 27.7 Å². The zero-order valence-corrected chi connectivity index (χ0v) is 8.63. The Morgan fingerprint density at radius 2 is 1.92 bits per heavy atom. The fourth-order valence-electron chi connectivity index (χ4n) is 2.99. The summed E-state index contributed by atoms with van der Waals surface area (Å²) >= 11 is 0. The number of carbonyl (C=O) groups is 1. The summed E-state index contributed by atoms with van der Waals surface area (Å²) in [6, 6.07) is 0. The van der Waals surface area contributed by atoms with Crippen molar-refractivity contribution < 1.29 is 4.79 Å². The van der Waals surface area contributed by atoms with Crippen molar-refractivity contribution in [1.29, 1.82) is 0 Å². The summed E-state index contributed by atoms with van der Waals surface area (Å²) in [7, 11) is 0. The highest BCUT2D eigenvalue weighted by Crippen LogP contribution is 2.45. The van der Waals surface area contributed by atoms with E-state index in [9.17, 15) is 4.79 Å². The number of carbonyl (C=O) groups excluding carboxylic acids is 1. The Morgan fingerprint density at radius 1 is 1.33 bits per heavy atom. The second-order valence-electron chi connectivity index (χ2n) is 5.17. The minimum Gasteiger partial charge on any atom is -0.303 e. The molecule has 3 atom stereocenters. The predicted octanol–water partition coefficient (Wildman–Crippen LogP) is 2.89. The minimum absolute atomic E-state index is 0.221. The smallest absolute Gasteiger partial charge is 0.123 e. The van der Waals surface area contributed by atoms with Gasteiger partial charge < -0.3 is 4.79 Å². The second-order valence-corrected chi connectivity index (χ2v) is 5.17. The topological polar surface area (TPSA) is 17.1 Å². The summed E-state index contributed by atoms with van der Waals surface area (Å²) in [6.45, 7) is 8.94. The Morgan fingerprint density at radius 3 is 2.33 bits per heavy atom. The molecule has 1 fully saturated rings. The van der Waals surface area contributed by atoms with Gasteiger partial charge >= 0.3 is 0 Å². The van der Waals surface area contributed by atoms with Gasteiger partial charge in [-0.05, 0) is 30.1 Å². The molecule has 0 amide bonds. The molecule has 0 aromatic rings. The molecule has 12 heavy (non-hydrogen) atoms. The van der Waals surface area contributed by atoms with Crippen molar-refractivity contribution in [3.8, 4) is 0 Å². The maximum absolute atomic E-state index is 10.9. The minimum atomic E-state index is 0.221. The molecule has 3 unspecified atom stereocenters. The third kappa shape index (κ3) is 1.70. The van der Waals surface area contributed by atoms with Crippen molar-refractivity contribution in [2.45, 2.75) is 40.5 Å². The molecule has 1 aliphatic rings. The summed E-state index contributed by atoms with van der Waals surface area (Å²) in [5.74, 6) is 1.63. The van der Waals surface area contributed by atoms with E-state index in [1.807, 2.05) is 0 Å². The standard InChI is InChI=1S/C11H20O/c1-8-5-9(2)10(7-12)11(3,4)6-8/h7-10H,5-6H2,1-4H3. The lowest BCUT2D eigenvalue weighted by Crippen LogP contribution is -2.37. The molecule has 0 spiro atoms. The molecule has 0 aromatic carbocycles. The summed E-state index contributed by atoms with van der Waals surface area (Å²) < 4.78 is 0. The van der Waals surface area contributed by atoms with Crippen LogP contribution < -0.4 is 0 Å². The first-order chi connectivity index (χ1) is 5.47. The molecule has 1 aliphatic carbocycles. The number of aldehydes is 1. The van der Waals surface area contributed by atoms with Crippen molar-refractivity contribution in [3.05, 3.63) is 0 Å². The van der Waals surface area contributed by atoms with Gasteiger partial charge in [0.25, 0.3) is 0 Å². The lowest BCUT2D eigenvalue weighted by atomic mass is 9.62. The SMILES string of the molecule is CC1CC(C)C(C=O)C(C)(C)C1. The zero-order chi connectivity index (χ0) is 9.35. The van der Waals surface area contributed by atoms with Gasteiger partial charge in [-0.15, -0.1) is 0 Å². The maximum Gasteiger partial charge on any atom is 0.123 e. The van der Waals surface area contributed by atoms with Crippen LogP contribution in [0.25, 0.3) is 0 Å². The highest BCUT2D eigenvalue weighted by atomic mass is 16.1. The van der Waals surface area contributed by atoms with Gasteiger partial charge in [0.2, 0.25) is 0 Å². The van der Waals surface area contributed by atoms with Crippen molar-refractivity contribution in [3.63, 3.8) is 0 Å². The van der Waals surface area contributed by atoms with E-state index in [0.717, 1.165) is 12.2 Å². The fourth-order valence-corrected chi connectivity index (χ4v) is 2.99. The monoisotopic (exact) mass is 168 g/mol. The number of rotatable bonds is 1.